The Morgan fingerprint density at radius 2 is 1.29 bits per heavy atom. The van der Waals surface area contributed by atoms with Crippen molar-refractivity contribution in [1.82, 2.24) is 0 Å². The van der Waals surface area contributed by atoms with E-state index >= 15 is 0 Å². The molecule has 0 unspecified atom stereocenters. The number of phenolic OH excluding ortho intramolecular Hbond substituents is 1. The number of phenols is 1. The molecule has 114 valence electrons. The Balaban J connectivity index is 2.77. The van der Waals surface area contributed by atoms with Crippen LogP contribution in [0, 0.1) is 0 Å². The Labute approximate surface area is 113 Å². The fraction of sp³-hybridized carbons (Fsp3) is 0.231. The summed E-state index contributed by atoms with van der Waals surface area (Å²) in [6, 6.07) is 5.94. The van der Waals surface area contributed by atoms with Gasteiger partial charge in [-0.1, -0.05) is 30.3 Å². The maximum Gasteiger partial charge on any atom is 0.460 e. The van der Waals surface area contributed by atoms with Crippen LogP contribution in [0.15, 0.2) is 36.4 Å². The summed E-state index contributed by atoms with van der Waals surface area (Å²) in [5, 5.41) is 8.70. The number of hydrogen-bond donors (Lipinski definition) is 1. The molecule has 21 heavy (non-hydrogen) atoms. The molecule has 8 heteroatoms. The first-order valence-corrected chi connectivity index (χ1v) is 5.53. The van der Waals surface area contributed by atoms with Gasteiger partial charge in [0.1, 0.15) is 5.75 Å². The summed E-state index contributed by atoms with van der Waals surface area (Å²) in [6.07, 6.45) is -6.43. The van der Waals surface area contributed by atoms with Crippen molar-refractivity contribution in [3.05, 3.63) is 42.0 Å². The molecule has 0 aliphatic rings. The predicted octanol–water partition coefficient (Wildman–Crippen LogP) is 4.83. The van der Waals surface area contributed by atoms with Gasteiger partial charge in [0.2, 0.25) is 0 Å². The lowest BCUT2D eigenvalue weighted by Crippen LogP contribution is -2.50. The molecule has 0 aromatic heterocycles. The van der Waals surface area contributed by atoms with Crippen molar-refractivity contribution >= 4 is 10.8 Å². The number of benzene rings is 2. The third-order valence-electron chi connectivity index (χ3n) is 2.97. The van der Waals surface area contributed by atoms with E-state index in [4.69, 9.17) is 0 Å². The Bertz CT molecular complexity index is 671. The molecule has 0 spiro atoms. The van der Waals surface area contributed by atoms with Crippen molar-refractivity contribution in [2.45, 2.75) is 18.0 Å². The van der Waals surface area contributed by atoms with Crippen molar-refractivity contribution in [1.29, 1.82) is 0 Å². The van der Waals surface area contributed by atoms with Crippen LogP contribution in [0.25, 0.3) is 10.8 Å². The van der Waals surface area contributed by atoms with Crippen molar-refractivity contribution in [2.24, 2.45) is 0 Å². The summed E-state index contributed by atoms with van der Waals surface area (Å²) in [5.41, 5.74) is -1.58. The zero-order chi connectivity index (χ0) is 16.1. The highest BCUT2D eigenvalue weighted by Gasteiger charge is 2.73. The van der Waals surface area contributed by atoms with Gasteiger partial charge in [0, 0.05) is 10.9 Å². The van der Waals surface area contributed by atoms with E-state index in [1.807, 2.05) is 0 Å². The molecule has 0 atom stereocenters. The summed E-state index contributed by atoms with van der Waals surface area (Å²) < 4.78 is 90.4. The van der Waals surface area contributed by atoms with Gasteiger partial charge in [-0.3, -0.25) is 0 Å². The first-order valence-electron chi connectivity index (χ1n) is 5.53. The molecule has 0 saturated carbocycles. The quantitative estimate of drug-likeness (QED) is 0.787. The molecule has 0 bridgehead atoms. The zero-order valence-electron chi connectivity index (χ0n) is 10.1. The van der Waals surface area contributed by atoms with Gasteiger partial charge in [0.15, 0.2) is 0 Å². The normalized spacial score (nSPS) is 13.7. The van der Waals surface area contributed by atoms with Gasteiger partial charge in [0.05, 0.1) is 0 Å². The van der Waals surface area contributed by atoms with Crippen molar-refractivity contribution in [3.63, 3.8) is 0 Å². The summed E-state index contributed by atoms with van der Waals surface area (Å²) in [5.74, 6) is -12.6. The van der Waals surface area contributed by atoms with Crippen molar-refractivity contribution in [2.75, 3.05) is 0 Å². The Hall–Kier alpha value is -1.99. The molecule has 0 fully saturated rings. The number of halogens is 7. The molecule has 0 saturated heterocycles. The predicted molar refractivity (Wildman–Crippen MR) is 60.5 cm³/mol. The third-order valence-corrected chi connectivity index (χ3v) is 2.97. The topological polar surface area (TPSA) is 20.2 Å². The summed E-state index contributed by atoms with van der Waals surface area (Å²) in [4.78, 5) is 0. The second-order valence-corrected chi connectivity index (χ2v) is 4.33. The lowest BCUT2D eigenvalue weighted by atomic mass is 9.95. The average Bonchev–Trinajstić information content (AvgIpc) is 2.37. The zero-order valence-corrected chi connectivity index (χ0v) is 10.1. The monoisotopic (exact) mass is 312 g/mol. The fourth-order valence-corrected chi connectivity index (χ4v) is 1.93. The van der Waals surface area contributed by atoms with Crippen LogP contribution >= 0.6 is 0 Å². The summed E-state index contributed by atoms with van der Waals surface area (Å²) >= 11 is 0. The van der Waals surface area contributed by atoms with Gasteiger partial charge in [-0.2, -0.15) is 30.7 Å². The number of fused-ring (bicyclic) bond motifs is 1. The molecule has 0 aliphatic carbocycles. The molecular formula is C13H7F7O. The first kappa shape index (κ1) is 15.4. The lowest BCUT2D eigenvalue weighted by Gasteiger charge is -2.29. The molecule has 1 nitrogen and oxygen atoms in total. The number of hydrogen-bond acceptors (Lipinski definition) is 1. The van der Waals surface area contributed by atoms with Crippen LogP contribution in [0.5, 0.6) is 5.75 Å². The number of aromatic hydroxyl groups is 1. The molecule has 1 N–H and O–H groups in total. The first-order chi connectivity index (χ1) is 9.50. The molecular weight excluding hydrogens is 305 g/mol. The van der Waals surface area contributed by atoms with E-state index in [2.05, 4.69) is 0 Å². The van der Waals surface area contributed by atoms with Crippen LogP contribution in [0.4, 0.5) is 30.7 Å². The number of alkyl halides is 7. The highest BCUT2D eigenvalue weighted by molar-refractivity contribution is 5.91. The molecule has 2 aromatic carbocycles. The van der Waals surface area contributed by atoms with Gasteiger partial charge >= 0.3 is 18.0 Å². The van der Waals surface area contributed by atoms with E-state index in [1.165, 1.54) is 18.2 Å². The molecule has 0 amide bonds. The lowest BCUT2D eigenvalue weighted by molar-refractivity contribution is -0.359. The largest absolute Gasteiger partial charge is 0.507 e. The van der Waals surface area contributed by atoms with Gasteiger partial charge < -0.3 is 5.11 Å². The average molecular weight is 312 g/mol. The second kappa shape index (κ2) is 4.51. The SMILES string of the molecule is Oc1cccc2cccc(C(F)(F)C(F)(F)C(F)(F)F)c12. The maximum absolute atomic E-state index is 13.8. The minimum atomic E-state index is -6.43. The van der Waals surface area contributed by atoms with Crippen LogP contribution in [0.1, 0.15) is 5.56 Å². The van der Waals surface area contributed by atoms with Gasteiger partial charge in [0.25, 0.3) is 0 Å². The Morgan fingerprint density at radius 1 is 0.762 bits per heavy atom. The smallest absolute Gasteiger partial charge is 0.460 e. The molecule has 2 aromatic rings. The van der Waals surface area contributed by atoms with Gasteiger partial charge in [-0.15, -0.1) is 0 Å². The number of rotatable bonds is 2. The summed E-state index contributed by atoms with van der Waals surface area (Å²) in [7, 11) is 0. The van der Waals surface area contributed by atoms with Gasteiger partial charge in [-0.05, 0) is 11.5 Å². The molecule has 0 aliphatic heterocycles. The molecule has 0 radical (unpaired) electrons. The third kappa shape index (κ3) is 2.18. The maximum atomic E-state index is 13.8. The minimum Gasteiger partial charge on any atom is -0.507 e. The van der Waals surface area contributed by atoms with E-state index in [0.29, 0.717) is 6.07 Å². The molecule has 0 heterocycles. The van der Waals surface area contributed by atoms with E-state index in [-0.39, 0.29) is 5.39 Å². The Kier molecular flexibility index (Phi) is 3.30. The van der Waals surface area contributed by atoms with E-state index in [1.54, 1.807) is 0 Å². The van der Waals surface area contributed by atoms with Gasteiger partial charge in [-0.25, -0.2) is 0 Å². The van der Waals surface area contributed by atoms with E-state index < -0.39 is 34.7 Å². The van der Waals surface area contributed by atoms with E-state index in [9.17, 15) is 35.8 Å². The fourth-order valence-electron chi connectivity index (χ4n) is 1.93. The van der Waals surface area contributed by atoms with Crippen LogP contribution in [0.2, 0.25) is 0 Å². The van der Waals surface area contributed by atoms with Crippen molar-refractivity contribution in [3.8, 4) is 5.75 Å². The van der Waals surface area contributed by atoms with Crippen LogP contribution < -0.4 is 0 Å². The standard InChI is InChI=1S/C13H7F7O/c14-11(15,12(16,17)13(18,19)20)8-5-1-3-7-4-2-6-9(21)10(7)8/h1-6,21H. The van der Waals surface area contributed by atoms with Crippen molar-refractivity contribution < 1.29 is 35.8 Å². The highest BCUT2D eigenvalue weighted by Crippen LogP contribution is 2.53. The minimum absolute atomic E-state index is 0.0786. The van der Waals surface area contributed by atoms with E-state index in [0.717, 1.165) is 12.1 Å². The summed E-state index contributed by atoms with van der Waals surface area (Å²) in [6.45, 7) is 0. The van der Waals surface area contributed by atoms with Crippen LogP contribution in [-0.2, 0) is 5.92 Å². The van der Waals surface area contributed by atoms with Crippen LogP contribution in [-0.4, -0.2) is 17.2 Å². The Morgan fingerprint density at radius 3 is 1.81 bits per heavy atom. The molecule has 2 rings (SSSR count). The highest BCUT2D eigenvalue weighted by atomic mass is 19.4. The second-order valence-electron chi connectivity index (χ2n) is 4.33. The van der Waals surface area contributed by atoms with Crippen LogP contribution in [0.3, 0.4) is 0 Å².